The Kier molecular flexibility index (Phi) is 4.66. The maximum Gasteiger partial charge on any atom is 0.250 e. The predicted octanol–water partition coefficient (Wildman–Crippen LogP) is 2.02. The minimum absolute atomic E-state index is 0.435. The summed E-state index contributed by atoms with van der Waals surface area (Å²) in [6.07, 6.45) is 2.39. The molecule has 19 heavy (non-hydrogen) atoms. The van der Waals surface area contributed by atoms with Gasteiger partial charge in [0, 0.05) is 29.8 Å². The molecule has 1 unspecified atom stereocenters. The van der Waals surface area contributed by atoms with Gasteiger partial charge in [-0.2, -0.15) is 0 Å². The Labute approximate surface area is 118 Å². The van der Waals surface area contributed by atoms with Gasteiger partial charge in [-0.05, 0) is 44.5 Å². The van der Waals surface area contributed by atoms with E-state index in [9.17, 15) is 4.79 Å². The fourth-order valence-electron chi connectivity index (χ4n) is 2.56. The number of nitrogens with two attached hydrogens (primary N) is 1. The molecule has 0 aliphatic carbocycles. The van der Waals surface area contributed by atoms with Crippen molar-refractivity contribution < 1.29 is 4.79 Å². The number of nitrogens with zero attached hydrogens (tertiary/aromatic N) is 1. The highest BCUT2D eigenvalue weighted by Crippen LogP contribution is 2.25. The highest BCUT2D eigenvalue weighted by molar-refractivity contribution is 6.31. The van der Waals surface area contributed by atoms with Crippen molar-refractivity contribution in [3.63, 3.8) is 0 Å². The number of carbonyl (C=O) groups is 1. The number of anilines is 1. The van der Waals surface area contributed by atoms with E-state index in [0.29, 0.717) is 16.6 Å². The number of likely N-dealkylation sites (N-methyl/N-ethyl adjacent to an activating group) is 1. The standard InChI is InChI=1S/C14H20ClN3O/c1-2-18(9-11-4-3-7-17-11)13-6-5-10(15)8-12(13)14(16)19/h5-6,8,11,17H,2-4,7,9H2,1H3,(H2,16,19). The first-order chi connectivity index (χ1) is 9.11. The van der Waals surface area contributed by atoms with Crippen LogP contribution in [0.15, 0.2) is 18.2 Å². The highest BCUT2D eigenvalue weighted by Gasteiger charge is 2.20. The summed E-state index contributed by atoms with van der Waals surface area (Å²) in [5.74, 6) is -0.435. The van der Waals surface area contributed by atoms with Crippen LogP contribution < -0.4 is 16.0 Å². The summed E-state index contributed by atoms with van der Waals surface area (Å²) < 4.78 is 0. The minimum Gasteiger partial charge on any atom is -0.370 e. The predicted molar refractivity (Wildman–Crippen MR) is 78.9 cm³/mol. The van der Waals surface area contributed by atoms with E-state index in [0.717, 1.165) is 25.3 Å². The summed E-state index contributed by atoms with van der Waals surface area (Å²) in [4.78, 5) is 13.7. The molecular weight excluding hydrogens is 262 g/mol. The summed E-state index contributed by atoms with van der Waals surface area (Å²) in [7, 11) is 0. The second-order valence-electron chi connectivity index (χ2n) is 4.86. The highest BCUT2D eigenvalue weighted by atomic mass is 35.5. The maximum atomic E-state index is 11.6. The second-order valence-corrected chi connectivity index (χ2v) is 5.29. The van der Waals surface area contributed by atoms with E-state index in [4.69, 9.17) is 17.3 Å². The van der Waals surface area contributed by atoms with Crippen LogP contribution in [-0.2, 0) is 0 Å². The molecule has 1 aromatic carbocycles. The lowest BCUT2D eigenvalue weighted by Gasteiger charge is -2.28. The SMILES string of the molecule is CCN(CC1CCCN1)c1ccc(Cl)cc1C(N)=O. The zero-order valence-electron chi connectivity index (χ0n) is 11.2. The van der Waals surface area contributed by atoms with E-state index in [2.05, 4.69) is 17.1 Å². The number of benzene rings is 1. The largest absolute Gasteiger partial charge is 0.370 e. The van der Waals surface area contributed by atoms with Crippen molar-refractivity contribution in [1.82, 2.24) is 5.32 Å². The van der Waals surface area contributed by atoms with Crippen LogP contribution in [0, 0.1) is 0 Å². The van der Waals surface area contributed by atoms with Gasteiger partial charge in [0.15, 0.2) is 0 Å². The van der Waals surface area contributed by atoms with Crippen molar-refractivity contribution in [3.05, 3.63) is 28.8 Å². The first-order valence-electron chi connectivity index (χ1n) is 6.69. The summed E-state index contributed by atoms with van der Waals surface area (Å²) in [5, 5.41) is 4.00. The number of hydrogen-bond donors (Lipinski definition) is 2. The Hall–Kier alpha value is -1.26. The van der Waals surface area contributed by atoms with Crippen molar-refractivity contribution in [2.24, 2.45) is 5.73 Å². The van der Waals surface area contributed by atoms with E-state index in [1.54, 1.807) is 12.1 Å². The van der Waals surface area contributed by atoms with Crippen LogP contribution in [0.1, 0.15) is 30.1 Å². The van der Waals surface area contributed by atoms with Gasteiger partial charge < -0.3 is 16.0 Å². The molecule has 1 aliphatic rings. The lowest BCUT2D eigenvalue weighted by molar-refractivity contribution is 0.100. The molecule has 104 valence electrons. The van der Waals surface area contributed by atoms with Gasteiger partial charge in [0.1, 0.15) is 0 Å². The van der Waals surface area contributed by atoms with Crippen molar-refractivity contribution in [2.45, 2.75) is 25.8 Å². The molecule has 0 radical (unpaired) electrons. The Morgan fingerprint density at radius 2 is 2.37 bits per heavy atom. The van der Waals surface area contributed by atoms with Crippen LogP contribution in [0.5, 0.6) is 0 Å². The van der Waals surface area contributed by atoms with Gasteiger partial charge in [0.2, 0.25) is 0 Å². The molecule has 1 heterocycles. The van der Waals surface area contributed by atoms with E-state index in [1.165, 1.54) is 12.8 Å². The van der Waals surface area contributed by atoms with E-state index < -0.39 is 5.91 Å². The number of carbonyl (C=O) groups excluding carboxylic acids is 1. The smallest absolute Gasteiger partial charge is 0.250 e. The summed E-state index contributed by atoms with van der Waals surface area (Å²) in [6, 6.07) is 5.80. The average Bonchev–Trinajstić information content (AvgIpc) is 2.89. The molecular formula is C14H20ClN3O. The van der Waals surface area contributed by atoms with Gasteiger partial charge in [-0.1, -0.05) is 11.6 Å². The van der Waals surface area contributed by atoms with Gasteiger partial charge in [-0.3, -0.25) is 4.79 Å². The topological polar surface area (TPSA) is 58.4 Å². The van der Waals surface area contributed by atoms with Crippen molar-refractivity contribution in [1.29, 1.82) is 0 Å². The maximum absolute atomic E-state index is 11.6. The number of amides is 1. The molecule has 0 bridgehead atoms. The molecule has 1 aliphatic heterocycles. The zero-order chi connectivity index (χ0) is 13.8. The number of primary amides is 1. The van der Waals surface area contributed by atoms with Gasteiger partial charge in [-0.15, -0.1) is 0 Å². The van der Waals surface area contributed by atoms with Crippen LogP contribution in [0.2, 0.25) is 5.02 Å². The molecule has 3 N–H and O–H groups in total. The van der Waals surface area contributed by atoms with Crippen LogP contribution in [0.3, 0.4) is 0 Å². The number of nitrogens with one attached hydrogen (secondary N) is 1. The number of halogens is 1. The number of hydrogen-bond acceptors (Lipinski definition) is 3. The van der Waals surface area contributed by atoms with Crippen molar-refractivity contribution in [2.75, 3.05) is 24.5 Å². The lowest BCUT2D eigenvalue weighted by atomic mass is 10.1. The first kappa shape index (κ1) is 14.2. The normalized spacial score (nSPS) is 18.5. The van der Waals surface area contributed by atoms with Gasteiger partial charge in [0.25, 0.3) is 5.91 Å². The first-order valence-corrected chi connectivity index (χ1v) is 7.07. The molecule has 1 amide bonds. The third-order valence-electron chi connectivity index (χ3n) is 3.55. The van der Waals surface area contributed by atoms with Gasteiger partial charge >= 0.3 is 0 Å². The van der Waals surface area contributed by atoms with E-state index in [-0.39, 0.29) is 0 Å². The quantitative estimate of drug-likeness (QED) is 0.868. The Bertz CT molecular complexity index is 458. The average molecular weight is 282 g/mol. The Morgan fingerprint density at radius 1 is 1.58 bits per heavy atom. The fourth-order valence-corrected chi connectivity index (χ4v) is 2.73. The summed E-state index contributed by atoms with van der Waals surface area (Å²) >= 11 is 5.94. The fraction of sp³-hybridized carbons (Fsp3) is 0.500. The molecule has 4 nitrogen and oxygen atoms in total. The molecule has 1 fully saturated rings. The zero-order valence-corrected chi connectivity index (χ0v) is 11.9. The molecule has 0 spiro atoms. The second kappa shape index (κ2) is 6.26. The Balaban J connectivity index is 2.23. The van der Waals surface area contributed by atoms with Gasteiger partial charge in [0.05, 0.1) is 5.56 Å². The van der Waals surface area contributed by atoms with Crippen LogP contribution >= 0.6 is 11.6 Å². The van der Waals surface area contributed by atoms with Crippen molar-refractivity contribution in [3.8, 4) is 0 Å². The molecule has 1 aromatic rings. The lowest BCUT2D eigenvalue weighted by Crippen LogP contribution is -2.38. The van der Waals surface area contributed by atoms with Crippen LogP contribution in [-0.4, -0.2) is 31.6 Å². The molecule has 2 rings (SSSR count). The van der Waals surface area contributed by atoms with Crippen LogP contribution in [0.4, 0.5) is 5.69 Å². The molecule has 5 heteroatoms. The van der Waals surface area contributed by atoms with E-state index >= 15 is 0 Å². The third-order valence-corrected chi connectivity index (χ3v) is 3.78. The molecule has 1 atom stereocenters. The molecule has 0 saturated carbocycles. The minimum atomic E-state index is -0.435. The molecule has 1 saturated heterocycles. The third kappa shape index (κ3) is 3.39. The Morgan fingerprint density at radius 3 is 2.95 bits per heavy atom. The summed E-state index contributed by atoms with van der Waals surface area (Å²) in [5.41, 5.74) is 6.81. The van der Waals surface area contributed by atoms with Gasteiger partial charge in [-0.25, -0.2) is 0 Å². The van der Waals surface area contributed by atoms with E-state index in [1.807, 2.05) is 6.07 Å². The van der Waals surface area contributed by atoms with Crippen molar-refractivity contribution >= 4 is 23.2 Å². The van der Waals surface area contributed by atoms with Crippen LogP contribution in [0.25, 0.3) is 0 Å². The molecule has 0 aromatic heterocycles. The monoisotopic (exact) mass is 281 g/mol. The summed E-state index contributed by atoms with van der Waals surface area (Å²) in [6.45, 7) is 4.87. The number of rotatable bonds is 5.